The van der Waals surface area contributed by atoms with E-state index in [0.717, 1.165) is 34.8 Å². The predicted octanol–water partition coefficient (Wildman–Crippen LogP) is 2.80. The highest BCUT2D eigenvalue weighted by Crippen LogP contribution is 2.22. The predicted molar refractivity (Wildman–Crippen MR) is 72.3 cm³/mol. The van der Waals surface area contributed by atoms with Crippen molar-refractivity contribution in [1.82, 2.24) is 5.43 Å². The number of nitrogens with zero attached hydrogens (tertiary/aromatic N) is 1. The highest BCUT2D eigenvalue weighted by atomic mass is 35.5. The van der Waals surface area contributed by atoms with Gasteiger partial charge in [0.2, 0.25) is 0 Å². The van der Waals surface area contributed by atoms with Crippen LogP contribution in [0.25, 0.3) is 0 Å². The molecule has 0 heterocycles. The lowest BCUT2D eigenvalue weighted by atomic mass is 10.1. The van der Waals surface area contributed by atoms with Gasteiger partial charge in [0.25, 0.3) is 0 Å². The van der Waals surface area contributed by atoms with Crippen LogP contribution in [0.1, 0.15) is 36.8 Å². The standard InChI is InChI=1S/C13H18ClN3/c1-9-6-7-10(8-12(9)14)13(17-15)16-11-4-2-3-5-11/h6-8,11H,2-5,15H2,1H3,(H,16,17). The summed E-state index contributed by atoms with van der Waals surface area (Å²) in [5.74, 6) is 6.28. The number of hydrogen-bond acceptors (Lipinski definition) is 2. The number of halogens is 1. The third kappa shape index (κ3) is 2.99. The van der Waals surface area contributed by atoms with Crippen LogP contribution in [0.3, 0.4) is 0 Å². The topological polar surface area (TPSA) is 50.4 Å². The van der Waals surface area contributed by atoms with E-state index in [9.17, 15) is 0 Å². The monoisotopic (exact) mass is 251 g/mol. The molecule has 0 radical (unpaired) electrons. The van der Waals surface area contributed by atoms with E-state index in [1.54, 1.807) is 0 Å². The Morgan fingerprint density at radius 2 is 2.12 bits per heavy atom. The Labute approximate surface area is 107 Å². The number of benzene rings is 1. The minimum absolute atomic E-state index is 0.404. The number of nitrogens with two attached hydrogens (primary N) is 1. The van der Waals surface area contributed by atoms with Crippen LogP contribution < -0.4 is 11.3 Å². The van der Waals surface area contributed by atoms with Gasteiger partial charge in [-0.05, 0) is 31.4 Å². The summed E-state index contributed by atoms with van der Waals surface area (Å²) in [6.07, 6.45) is 4.84. The summed E-state index contributed by atoms with van der Waals surface area (Å²) in [4.78, 5) is 4.66. The molecule has 0 aromatic heterocycles. The summed E-state index contributed by atoms with van der Waals surface area (Å²) in [6.45, 7) is 1.98. The zero-order valence-corrected chi connectivity index (χ0v) is 10.8. The summed E-state index contributed by atoms with van der Waals surface area (Å²) in [6, 6.07) is 6.29. The summed E-state index contributed by atoms with van der Waals surface area (Å²) in [7, 11) is 0. The molecule has 3 nitrogen and oxygen atoms in total. The molecule has 1 aromatic rings. The average Bonchev–Trinajstić information content (AvgIpc) is 2.82. The number of amidine groups is 1. The Morgan fingerprint density at radius 1 is 1.41 bits per heavy atom. The molecular formula is C13H18ClN3. The number of hydrazine groups is 1. The van der Waals surface area contributed by atoms with Crippen molar-refractivity contribution in [2.24, 2.45) is 10.8 Å². The van der Waals surface area contributed by atoms with Gasteiger partial charge in [-0.25, -0.2) is 5.84 Å². The van der Waals surface area contributed by atoms with Crippen LogP contribution in [0.15, 0.2) is 23.2 Å². The van der Waals surface area contributed by atoms with E-state index >= 15 is 0 Å². The largest absolute Gasteiger partial charge is 0.308 e. The molecule has 0 atom stereocenters. The molecule has 0 spiro atoms. The van der Waals surface area contributed by atoms with Gasteiger partial charge in [0.05, 0.1) is 6.04 Å². The molecule has 0 saturated heterocycles. The van der Waals surface area contributed by atoms with Crippen molar-refractivity contribution < 1.29 is 0 Å². The van der Waals surface area contributed by atoms with Gasteiger partial charge in [0.15, 0.2) is 0 Å². The molecular weight excluding hydrogens is 234 g/mol. The van der Waals surface area contributed by atoms with E-state index in [2.05, 4.69) is 10.4 Å². The van der Waals surface area contributed by atoms with E-state index in [-0.39, 0.29) is 0 Å². The van der Waals surface area contributed by atoms with E-state index in [1.807, 2.05) is 25.1 Å². The van der Waals surface area contributed by atoms with Crippen LogP contribution in [0, 0.1) is 6.92 Å². The lowest BCUT2D eigenvalue weighted by Gasteiger charge is -2.10. The van der Waals surface area contributed by atoms with E-state index in [4.69, 9.17) is 17.4 Å². The molecule has 17 heavy (non-hydrogen) atoms. The maximum atomic E-state index is 6.11. The second kappa shape index (κ2) is 5.52. The molecule has 0 aliphatic heterocycles. The van der Waals surface area contributed by atoms with Crippen LogP contribution in [-0.4, -0.2) is 11.9 Å². The third-order valence-corrected chi connectivity index (χ3v) is 3.63. The van der Waals surface area contributed by atoms with Crippen molar-refractivity contribution in [3.05, 3.63) is 34.3 Å². The van der Waals surface area contributed by atoms with Crippen LogP contribution in [0.2, 0.25) is 5.02 Å². The van der Waals surface area contributed by atoms with Crippen molar-refractivity contribution in [3.63, 3.8) is 0 Å². The van der Waals surface area contributed by atoms with Gasteiger partial charge in [0, 0.05) is 10.6 Å². The van der Waals surface area contributed by atoms with Gasteiger partial charge < -0.3 is 5.43 Å². The van der Waals surface area contributed by atoms with Gasteiger partial charge >= 0.3 is 0 Å². The lowest BCUT2D eigenvalue weighted by Crippen LogP contribution is -2.32. The van der Waals surface area contributed by atoms with Crippen molar-refractivity contribution >= 4 is 17.4 Å². The van der Waals surface area contributed by atoms with Gasteiger partial charge in [-0.3, -0.25) is 4.99 Å². The fourth-order valence-electron chi connectivity index (χ4n) is 2.15. The van der Waals surface area contributed by atoms with Crippen molar-refractivity contribution in [2.45, 2.75) is 38.6 Å². The number of nitrogens with one attached hydrogen (secondary N) is 1. The van der Waals surface area contributed by atoms with Crippen LogP contribution in [0.4, 0.5) is 0 Å². The minimum Gasteiger partial charge on any atom is -0.308 e. The molecule has 3 N–H and O–H groups in total. The first-order valence-corrected chi connectivity index (χ1v) is 6.39. The highest BCUT2D eigenvalue weighted by Gasteiger charge is 2.15. The molecule has 0 bridgehead atoms. The van der Waals surface area contributed by atoms with Gasteiger partial charge in [-0.1, -0.05) is 36.6 Å². The summed E-state index contributed by atoms with van der Waals surface area (Å²) in [5, 5.41) is 0.747. The molecule has 1 saturated carbocycles. The zero-order chi connectivity index (χ0) is 12.3. The minimum atomic E-state index is 0.404. The van der Waals surface area contributed by atoms with E-state index in [1.165, 1.54) is 12.8 Å². The second-order valence-electron chi connectivity index (χ2n) is 4.52. The number of aryl methyl sites for hydroxylation is 1. The molecule has 1 aromatic carbocycles. The molecule has 0 unspecified atom stereocenters. The summed E-state index contributed by atoms with van der Waals surface area (Å²) < 4.78 is 0. The molecule has 1 fully saturated rings. The normalized spacial score (nSPS) is 17.5. The first-order valence-electron chi connectivity index (χ1n) is 6.01. The van der Waals surface area contributed by atoms with Crippen molar-refractivity contribution in [1.29, 1.82) is 0 Å². The Balaban J connectivity index is 2.24. The molecule has 2 rings (SSSR count). The average molecular weight is 252 g/mol. The van der Waals surface area contributed by atoms with Crippen LogP contribution in [-0.2, 0) is 0 Å². The number of hydrogen-bond donors (Lipinski definition) is 2. The maximum absolute atomic E-state index is 6.11. The molecule has 0 amide bonds. The Kier molecular flexibility index (Phi) is 4.02. The fraction of sp³-hybridized carbons (Fsp3) is 0.462. The SMILES string of the molecule is Cc1ccc(C(=NC2CCCC2)NN)cc1Cl. The first-order chi connectivity index (χ1) is 8.20. The number of rotatable bonds is 2. The van der Waals surface area contributed by atoms with Crippen molar-refractivity contribution in [3.8, 4) is 0 Å². The van der Waals surface area contributed by atoms with Crippen LogP contribution >= 0.6 is 11.6 Å². The Morgan fingerprint density at radius 3 is 2.71 bits per heavy atom. The molecule has 4 heteroatoms. The van der Waals surface area contributed by atoms with Crippen molar-refractivity contribution in [2.75, 3.05) is 0 Å². The smallest absolute Gasteiger partial charge is 0.142 e. The van der Waals surface area contributed by atoms with Gasteiger partial charge in [-0.15, -0.1) is 0 Å². The van der Waals surface area contributed by atoms with E-state index in [0.29, 0.717) is 6.04 Å². The Bertz CT molecular complexity index is 423. The molecule has 1 aliphatic carbocycles. The second-order valence-corrected chi connectivity index (χ2v) is 4.93. The summed E-state index contributed by atoms with van der Waals surface area (Å²) in [5.41, 5.74) is 4.70. The third-order valence-electron chi connectivity index (χ3n) is 3.22. The van der Waals surface area contributed by atoms with Gasteiger partial charge in [0.1, 0.15) is 5.84 Å². The molecule has 1 aliphatic rings. The van der Waals surface area contributed by atoms with Gasteiger partial charge in [-0.2, -0.15) is 0 Å². The Hall–Kier alpha value is -1.06. The van der Waals surface area contributed by atoms with E-state index < -0.39 is 0 Å². The summed E-state index contributed by atoms with van der Waals surface area (Å²) >= 11 is 6.11. The van der Waals surface area contributed by atoms with Crippen LogP contribution in [0.5, 0.6) is 0 Å². The number of aliphatic imine (C=N–C) groups is 1. The first kappa shape index (κ1) is 12.4. The highest BCUT2D eigenvalue weighted by molar-refractivity contribution is 6.31. The maximum Gasteiger partial charge on any atom is 0.142 e. The lowest BCUT2D eigenvalue weighted by molar-refractivity contribution is 0.701. The zero-order valence-electron chi connectivity index (χ0n) is 10.0. The quantitative estimate of drug-likeness (QED) is 0.368. The molecule has 92 valence electrons. The fourth-order valence-corrected chi connectivity index (χ4v) is 2.33.